The normalized spacial score (nSPS) is 9.95. The Kier molecular flexibility index (Phi) is 4.71. The van der Waals surface area contributed by atoms with Gasteiger partial charge in [0, 0.05) is 24.1 Å². The van der Waals surface area contributed by atoms with E-state index in [0.717, 1.165) is 17.0 Å². The fourth-order valence-electron chi connectivity index (χ4n) is 1.62. The van der Waals surface area contributed by atoms with Crippen LogP contribution in [0.25, 0.3) is 0 Å². The molecule has 0 aliphatic rings. The second-order valence-electron chi connectivity index (χ2n) is 4.77. The molecule has 2 aromatic rings. The number of hydrogen-bond donors (Lipinski definition) is 1. The van der Waals surface area contributed by atoms with Gasteiger partial charge in [-0.05, 0) is 44.5 Å². The zero-order valence-corrected chi connectivity index (χ0v) is 12.1. The summed E-state index contributed by atoms with van der Waals surface area (Å²) in [6.45, 7) is 6.72. The minimum atomic E-state index is 0.576. The molecular formula is C16H19N3O. The monoisotopic (exact) mass is 269 g/mol. The fraction of sp³-hybridized carbons (Fsp3) is 0.250. The number of aromatic nitrogens is 2. The average Bonchev–Trinajstić information content (AvgIpc) is 2.43. The minimum Gasteiger partial charge on any atom is -0.489 e. The van der Waals surface area contributed by atoms with Crippen LogP contribution < -0.4 is 10.1 Å². The molecule has 0 saturated heterocycles. The number of nitrogens with one attached hydrogen (secondary N) is 1. The number of nitrogens with zero attached hydrogens (tertiary/aromatic N) is 2. The van der Waals surface area contributed by atoms with Gasteiger partial charge in [-0.15, -0.1) is 0 Å². The summed E-state index contributed by atoms with van der Waals surface area (Å²) in [6, 6.07) is 7.75. The smallest absolute Gasteiger partial charge is 0.227 e. The van der Waals surface area contributed by atoms with Crippen LogP contribution in [0.5, 0.6) is 5.75 Å². The van der Waals surface area contributed by atoms with E-state index >= 15 is 0 Å². The molecule has 1 heterocycles. The maximum absolute atomic E-state index is 5.77. The number of anilines is 2. The Morgan fingerprint density at radius 2 is 2.00 bits per heavy atom. The first kappa shape index (κ1) is 14.1. The molecule has 0 saturated carbocycles. The first-order valence-corrected chi connectivity index (χ1v) is 6.56. The largest absolute Gasteiger partial charge is 0.489 e. The van der Waals surface area contributed by atoms with E-state index in [2.05, 4.69) is 35.2 Å². The highest BCUT2D eigenvalue weighted by Gasteiger charge is 2.02. The second kappa shape index (κ2) is 6.70. The Labute approximate surface area is 119 Å². The summed E-state index contributed by atoms with van der Waals surface area (Å²) in [6.07, 6.45) is 5.46. The highest BCUT2D eigenvalue weighted by atomic mass is 16.5. The van der Waals surface area contributed by atoms with Gasteiger partial charge < -0.3 is 10.1 Å². The highest BCUT2D eigenvalue weighted by Crippen LogP contribution is 2.24. The van der Waals surface area contributed by atoms with Gasteiger partial charge in [-0.3, -0.25) is 0 Å². The number of allylic oxidation sites excluding steroid dienone is 1. The predicted octanol–water partition coefficient (Wildman–Crippen LogP) is 3.87. The Morgan fingerprint density at radius 1 is 1.25 bits per heavy atom. The van der Waals surface area contributed by atoms with Crippen LogP contribution in [-0.2, 0) is 0 Å². The number of hydrogen-bond acceptors (Lipinski definition) is 4. The van der Waals surface area contributed by atoms with Crippen LogP contribution in [0.3, 0.4) is 0 Å². The maximum Gasteiger partial charge on any atom is 0.227 e. The van der Waals surface area contributed by atoms with Gasteiger partial charge in [-0.2, -0.15) is 0 Å². The topological polar surface area (TPSA) is 47.0 Å². The van der Waals surface area contributed by atoms with Crippen LogP contribution in [-0.4, -0.2) is 16.6 Å². The van der Waals surface area contributed by atoms with E-state index in [0.29, 0.717) is 12.6 Å². The molecule has 0 unspecified atom stereocenters. The average molecular weight is 269 g/mol. The van der Waals surface area contributed by atoms with Crippen molar-refractivity contribution in [2.75, 3.05) is 11.9 Å². The zero-order valence-electron chi connectivity index (χ0n) is 12.1. The van der Waals surface area contributed by atoms with Gasteiger partial charge in [0.2, 0.25) is 5.95 Å². The molecule has 0 fully saturated rings. The third-order valence-electron chi connectivity index (χ3n) is 2.74. The lowest BCUT2D eigenvalue weighted by Crippen LogP contribution is -1.99. The summed E-state index contributed by atoms with van der Waals surface area (Å²) in [5, 5.41) is 3.15. The molecule has 0 bridgehead atoms. The lowest BCUT2D eigenvalue weighted by atomic mass is 10.2. The summed E-state index contributed by atoms with van der Waals surface area (Å²) >= 11 is 0. The molecule has 0 aliphatic carbocycles. The third-order valence-corrected chi connectivity index (χ3v) is 2.74. The van der Waals surface area contributed by atoms with Crippen molar-refractivity contribution in [2.45, 2.75) is 20.8 Å². The van der Waals surface area contributed by atoms with E-state index in [1.807, 2.05) is 25.1 Å². The molecule has 0 atom stereocenters. The van der Waals surface area contributed by atoms with Crippen LogP contribution in [0.1, 0.15) is 19.4 Å². The number of benzene rings is 1. The lowest BCUT2D eigenvalue weighted by Gasteiger charge is -2.10. The van der Waals surface area contributed by atoms with Crippen molar-refractivity contribution >= 4 is 11.6 Å². The first-order chi connectivity index (χ1) is 9.65. The Bertz CT molecular complexity index is 590. The molecule has 0 amide bonds. The quantitative estimate of drug-likeness (QED) is 0.837. The molecule has 0 radical (unpaired) electrons. The third kappa shape index (κ3) is 4.09. The number of aryl methyl sites for hydroxylation is 1. The van der Waals surface area contributed by atoms with Gasteiger partial charge in [0.25, 0.3) is 0 Å². The van der Waals surface area contributed by atoms with Crippen molar-refractivity contribution in [3.05, 3.63) is 53.9 Å². The predicted molar refractivity (Wildman–Crippen MR) is 81.4 cm³/mol. The van der Waals surface area contributed by atoms with E-state index in [4.69, 9.17) is 4.74 Å². The van der Waals surface area contributed by atoms with E-state index in [-0.39, 0.29) is 0 Å². The van der Waals surface area contributed by atoms with Crippen molar-refractivity contribution in [1.29, 1.82) is 0 Å². The van der Waals surface area contributed by atoms with Crippen molar-refractivity contribution in [3.63, 3.8) is 0 Å². The highest BCUT2D eigenvalue weighted by molar-refractivity contribution is 5.57. The standard InChI is InChI=1S/C16H19N3O/c1-12(2)7-10-20-15-11-14(6-5-13(15)3)19-16-17-8-4-9-18-16/h4-9,11H,10H2,1-3H3,(H,17,18,19). The van der Waals surface area contributed by atoms with Crippen molar-refractivity contribution in [2.24, 2.45) is 0 Å². The van der Waals surface area contributed by atoms with Gasteiger partial charge in [0.15, 0.2) is 0 Å². The Hall–Kier alpha value is -2.36. The van der Waals surface area contributed by atoms with Crippen molar-refractivity contribution < 1.29 is 4.74 Å². The summed E-state index contributed by atoms with van der Waals surface area (Å²) in [5.74, 6) is 1.44. The first-order valence-electron chi connectivity index (χ1n) is 6.56. The summed E-state index contributed by atoms with van der Waals surface area (Å²) in [4.78, 5) is 8.28. The summed E-state index contributed by atoms with van der Waals surface area (Å²) in [5.41, 5.74) is 3.26. The van der Waals surface area contributed by atoms with Gasteiger partial charge in [0.1, 0.15) is 12.4 Å². The molecule has 1 aromatic carbocycles. The SMILES string of the molecule is CC(C)=CCOc1cc(Nc2ncccn2)ccc1C. The van der Waals surface area contributed by atoms with E-state index in [1.54, 1.807) is 18.5 Å². The second-order valence-corrected chi connectivity index (χ2v) is 4.77. The van der Waals surface area contributed by atoms with Crippen molar-refractivity contribution in [3.8, 4) is 5.75 Å². The Morgan fingerprint density at radius 3 is 2.70 bits per heavy atom. The van der Waals surface area contributed by atoms with Crippen LogP contribution in [0.15, 0.2) is 48.3 Å². The molecule has 1 N–H and O–H groups in total. The van der Waals surface area contributed by atoms with E-state index < -0.39 is 0 Å². The molecule has 4 heteroatoms. The van der Waals surface area contributed by atoms with Gasteiger partial charge in [-0.25, -0.2) is 9.97 Å². The van der Waals surface area contributed by atoms with E-state index in [9.17, 15) is 0 Å². The van der Waals surface area contributed by atoms with Crippen LogP contribution in [0, 0.1) is 6.92 Å². The zero-order chi connectivity index (χ0) is 14.4. The number of ether oxygens (including phenoxy) is 1. The summed E-state index contributed by atoms with van der Waals surface area (Å²) in [7, 11) is 0. The summed E-state index contributed by atoms with van der Waals surface area (Å²) < 4.78 is 5.77. The molecule has 104 valence electrons. The molecular weight excluding hydrogens is 250 g/mol. The fourth-order valence-corrected chi connectivity index (χ4v) is 1.62. The Balaban J connectivity index is 2.10. The van der Waals surface area contributed by atoms with Gasteiger partial charge >= 0.3 is 0 Å². The minimum absolute atomic E-state index is 0.576. The molecule has 0 spiro atoms. The maximum atomic E-state index is 5.77. The van der Waals surface area contributed by atoms with Gasteiger partial charge in [0.05, 0.1) is 0 Å². The molecule has 4 nitrogen and oxygen atoms in total. The van der Waals surface area contributed by atoms with Crippen LogP contribution in [0.4, 0.5) is 11.6 Å². The molecule has 1 aromatic heterocycles. The van der Waals surface area contributed by atoms with Crippen LogP contribution >= 0.6 is 0 Å². The van der Waals surface area contributed by atoms with Gasteiger partial charge in [-0.1, -0.05) is 11.6 Å². The van der Waals surface area contributed by atoms with Crippen molar-refractivity contribution in [1.82, 2.24) is 9.97 Å². The lowest BCUT2D eigenvalue weighted by molar-refractivity contribution is 0.359. The molecule has 20 heavy (non-hydrogen) atoms. The van der Waals surface area contributed by atoms with E-state index in [1.165, 1.54) is 5.57 Å². The molecule has 2 rings (SSSR count). The van der Waals surface area contributed by atoms with Crippen LogP contribution in [0.2, 0.25) is 0 Å². The molecule has 0 aliphatic heterocycles. The number of rotatable bonds is 5.